The van der Waals surface area contributed by atoms with Gasteiger partial charge in [-0.2, -0.15) is 9.97 Å². The molecule has 0 spiro atoms. The zero-order valence-electron chi connectivity index (χ0n) is 21.8. The number of nitrogens with zero attached hydrogens (tertiary/aromatic N) is 6. The number of anilines is 3. The van der Waals surface area contributed by atoms with Gasteiger partial charge >= 0.3 is 11.9 Å². The molecule has 6 N–H and O–H groups in total. The molecule has 3 rings (SSSR count). The Balaban J connectivity index is 1.86. The summed E-state index contributed by atoms with van der Waals surface area (Å²) in [5, 5.41) is 19.2. The Bertz CT molecular complexity index is 1380. The predicted molar refractivity (Wildman–Crippen MR) is 141 cm³/mol. The summed E-state index contributed by atoms with van der Waals surface area (Å²) >= 11 is 0. The average Bonchev–Trinajstić information content (AvgIpc) is 2.86. The summed E-state index contributed by atoms with van der Waals surface area (Å²) in [5.74, 6) is -2.67. The van der Waals surface area contributed by atoms with Crippen molar-refractivity contribution in [2.45, 2.75) is 52.1 Å². The van der Waals surface area contributed by atoms with Gasteiger partial charge in [0.15, 0.2) is 17.0 Å². The number of aryl methyl sites for hydroxylation is 1. The molecule has 2 aromatic heterocycles. The summed E-state index contributed by atoms with van der Waals surface area (Å²) in [6.45, 7) is 5.64. The zero-order valence-corrected chi connectivity index (χ0v) is 21.8. The third kappa shape index (κ3) is 5.56. The number of carbonyl (C=O) groups is 3. The van der Waals surface area contributed by atoms with E-state index in [0.717, 1.165) is 11.3 Å². The van der Waals surface area contributed by atoms with Gasteiger partial charge in [0.25, 0.3) is 5.91 Å². The molecule has 3 aromatic rings. The molecule has 0 radical (unpaired) electrons. The summed E-state index contributed by atoms with van der Waals surface area (Å²) in [4.78, 5) is 56.8. The number of carboxylic acid groups (broad SMARTS) is 2. The van der Waals surface area contributed by atoms with Crippen LogP contribution in [0.1, 0.15) is 54.7 Å². The first-order chi connectivity index (χ1) is 17.9. The Labute approximate surface area is 219 Å². The Morgan fingerprint density at radius 2 is 1.79 bits per heavy atom. The Kier molecular flexibility index (Phi) is 8.29. The number of amides is 1. The molecule has 1 atom stereocenters. The molecular weight excluding hydrogens is 492 g/mol. The summed E-state index contributed by atoms with van der Waals surface area (Å²) in [7, 11) is 1.86. The maximum atomic E-state index is 13.5. The number of likely N-dealkylation sites (N-methyl/N-ethyl adjacent to an activating group) is 1. The van der Waals surface area contributed by atoms with E-state index in [-0.39, 0.29) is 37.6 Å². The molecule has 1 aromatic carbocycles. The fraction of sp³-hybridized carbons (Fsp3) is 0.400. The summed E-state index contributed by atoms with van der Waals surface area (Å²) in [5.41, 5.74) is 13.1. The second kappa shape index (κ2) is 11.2. The molecule has 13 heteroatoms. The summed E-state index contributed by atoms with van der Waals surface area (Å²) < 4.78 is 0. The molecule has 2 heterocycles. The van der Waals surface area contributed by atoms with Gasteiger partial charge in [-0.05, 0) is 50.5 Å². The highest BCUT2D eigenvalue weighted by atomic mass is 16.4. The van der Waals surface area contributed by atoms with Gasteiger partial charge in [0.1, 0.15) is 5.54 Å². The van der Waals surface area contributed by atoms with E-state index in [1.807, 2.05) is 18.9 Å². The lowest BCUT2D eigenvalue weighted by atomic mass is 9.87. The van der Waals surface area contributed by atoms with Crippen LogP contribution in [0.4, 0.5) is 17.5 Å². The van der Waals surface area contributed by atoms with Crippen LogP contribution in [0.25, 0.3) is 11.2 Å². The van der Waals surface area contributed by atoms with Crippen LogP contribution in [-0.4, -0.2) is 72.0 Å². The van der Waals surface area contributed by atoms with E-state index in [9.17, 15) is 19.5 Å². The standard InChI is InChI=1S/C25H32N8O5/c1-5-25(23(37)38,10-9-18(34)35)33(6-2)22(36)15-7-8-17(14(3)11-15)32(4)13-16-12-28-21-19(29-16)20(26)30-24(27)31-21/h7-8,11-12H,5-6,9-10,13H2,1-4H3,(H,34,35)(H,37,38)(H4,26,27,28,30,31)/t25-/m0/s1. The molecule has 0 unspecified atom stereocenters. The predicted octanol–water partition coefficient (Wildman–Crippen LogP) is 2.09. The summed E-state index contributed by atoms with van der Waals surface area (Å²) in [6, 6.07) is 5.09. The first kappa shape index (κ1) is 28.0. The lowest BCUT2D eigenvalue weighted by Crippen LogP contribution is -2.57. The van der Waals surface area contributed by atoms with Crippen molar-refractivity contribution in [3.05, 3.63) is 41.2 Å². The van der Waals surface area contributed by atoms with Crippen LogP contribution in [0.2, 0.25) is 0 Å². The third-order valence-corrected chi connectivity index (χ3v) is 6.57. The van der Waals surface area contributed by atoms with Crippen LogP contribution < -0.4 is 16.4 Å². The minimum absolute atomic E-state index is 0.0162. The Morgan fingerprint density at radius 1 is 1.08 bits per heavy atom. The maximum Gasteiger partial charge on any atom is 0.329 e. The lowest BCUT2D eigenvalue weighted by molar-refractivity contribution is -0.151. The van der Waals surface area contributed by atoms with Crippen molar-refractivity contribution in [2.24, 2.45) is 0 Å². The monoisotopic (exact) mass is 524 g/mol. The highest BCUT2D eigenvalue weighted by Crippen LogP contribution is 2.30. The van der Waals surface area contributed by atoms with Gasteiger partial charge in [-0.25, -0.2) is 14.8 Å². The van der Waals surface area contributed by atoms with Crippen molar-refractivity contribution < 1.29 is 24.6 Å². The molecule has 202 valence electrons. The maximum absolute atomic E-state index is 13.5. The van der Waals surface area contributed by atoms with E-state index in [2.05, 4.69) is 19.9 Å². The van der Waals surface area contributed by atoms with Gasteiger partial charge in [0, 0.05) is 31.3 Å². The largest absolute Gasteiger partial charge is 0.481 e. The first-order valence-electron chi connectivity index (χ1n) is 12.1. The van der Waals surface area contributed by atoms with Crippen LogP contribution in [-0.2, 0) is 16.1 Å². The van der Waals surface area contributed by atoms with Crippen molar-refractivity contribution in [3.63, 3.8) is 0 Å². The van der Waals surface area contributed by atoms with Crippen LogP contribution in [0.5, 0.6) is 0 Å². The molecule has 0 fully saturated rings. The second-order valence-corrected chi connectivity index (χ2v) is 8.99. The van der Waals surface area contributed by atoms with E-state index in [1.54, 1.807) is 38.2 Å². The second-order valence-electron chi connectivity index (χ2n) is 8.99. The number of hydrogen-bond acceptors (Lipinski definition) is 10. The molecule has 0 saturated heterocycles. The molecule has 0 aliphatic rings. The van der Waals surface area contributed by atoms with Crippen molar-refractivity contribution in [1.82, 2.24) is 24.8 Å². The average molecular weight is 525 g/mol. The Hall–Kier alpha value is -4.55. The highest BCUT2D eigenvalue weighted by Gasteiger charge is 2.45. The van der Waals surface area contributed by atoms with Crippen LogP contribution >= 0.6 is 0 Å². The van der Waals surface area contributed by atoms with Gasteiger partial charge < -0.3 is 31.5 Å². The quantitative estimate of drug-likeness (QED) is 0.285. The van der Waals surface area contributed by atoms with Gasteiger partial charge in [0.2, 0.25) is 5.95 Å². The van der Waals surface area contributed by atoms with Crippen molar-refractivity contribution in [2.75, 3.05) is 30.0 Å². The van der Waals surface area contributed by atoms with E-state index in [1.165, 1.54) is 4.90 Å². The molecule has 0 aliphatic carbocycles. The normalized spacial score (nSPS) is 12.6. The number of nitrogen functional groups attached to an aromatic ring is 2. The zero-order chi connectivity index (χ0) is 28.2. The van der Waals surface area contributed by atoms with Gasteiger partial charge in [-0.15, -0.1) is 0 Å². The number of fused-ring (bicyclic) bond motifs is 1. The van der Waals surface area contributed by atoms with Crippen molar-refractivity contribution in [1.29, 1.82) is 0 Å². The summed E-state index contributed by atoms with van der Waals surface area (Å²) in [6.07, 6.45) is 1.09. The molecule has 0 aliphatic heterocycles. The number of carbonyl (C=O) groups excluding carboxylic acids is 1. The Morgan fingerprint density at radius 3 is 2.37 bits per heavy atom. The minimum atomic E-state index is -1.63. The number of benzene rings is 1. The van der Waals surface area contributed by atoms with Gasteiger partial charge in [0.05, 0.1) is 18.4 Å². The number of nitrogens with two attached hydrogens (primary N) is 2. The number of rotatable bonds is 11. The topological polar surface area (TPSA) is 202 Å². The smallest absolute Gasteiger partial charge is 0.329 e. The first-order valence-corrected chi connectivity index (χ1v) is 12.1. The highest BCUT2D eigenvalue weighted by molar-refractivity contribution is 5.98. The van der Waals surface area contributed by atoms with Crippen molar-refractivity contribution >= 4 is 46.5 Å². The molecule has 1 amide bonds. The molecule has 0 saturated carbocycles. The fourth-order valence-corrected chi connectivity index (χ4v) is 4.59. The molecule has 13 nitrogen and oxygen atoms in total. The van der Waals surface area contributed by atoms with Crippen LogP contribution in [0.15, 0.2) is 24.4 Å². The van der Waals surface area contributed by atoms with Gasteiger partial charge in [-0.1, -0.05) is 6.92 Å². The van der Waals surface area contributed by atoms with E-state index >= 15 is 0 Å². The molecular formula is C25H32N8O5. The SMILES string of the molecule is CCN(C(=O)c1ccc(N(C)Cc2cnc3nc(N)nc(N)c3n2)c(C)c1)[C@@](CC)(CCC(=O)O)C(=O)O. The minimum Gasteiger partial charge on any atom is -0.481 e. The van der Waals surface area contributed by atoms with E-state index < -0.39 is 23.4 Å². The van der Waals surface area contributed by atoms with E-state index in [4.69, 9.17) is 16.6 Å². The van der Waals surface area contributed by atoms with E-state index in [0.29, 0.717) is 29.0 Å². The number of aliphatic carboxylic acids is 2. The molecule has 0 bridgehead atoms. The number of carboxylic acids is 2. The third-order valence-electron chi connectivity index (χ3n) is 6.57. The number of hydrogen-bond donors (Lipinski definition) is 4. The number of aromatic nitrogens is 4. The van der Waals surface area contributed by atoms with Crippen molar-refractivity contribution in [3.8, 4) is 0 Å². The fourth-order valence-electron chi connectivity index (χ4n) is 4.59. The lowest BCUT2D eigenvalue weighted by Gasteiger charge is -2.39. The molecule has 38 heavy (non-hydrogen) atoms. The van der Waals surface area contributed by atoms with Crippen LogP contribution in [0.3, 0.4) is 0 Å². The van der Waals surface area contributed by atoms with Gasteiger partial charge in [-0.3, -0.25) is 9.59 Å². The van der Waals surface area contributed by atoms with Crippen LogP contribution in [0, 0.1) is 6.92 Å².